The lowest BCUT2D eigenvalue weighted by Crippen LogP contribution is -2.64. The fourth-order valence-corrected chi connectivity index (χ4v) is 9.47. The number of amides is 5. The number of esters is 3. The number of ether oxygens (including phenoxy) is 17. The van der Waals surface area contributed by atoms with Gasteiger partial charge in [-0.1, -0.05) is 25.8 Å². The fraction of sp³-hybridized carbons (Fsp3) is 0.694. The lowest BCUT2D eigenvalue weighted by molar-refractivity contribution is -0.171. The number of rotatable bonds is 38. The van der Waals surface area contributed by atoms with Gasteiger partial charge in [-0.3, -0.25) is 30.0 Å². The predicted molar refractivity (Wildman–Crippen MR) is 332 cm³/mol. The number of terminal acetylenes is 1. The van der Waals surface area contributed by atoms with Crippen LogP contribution in [0.15, 0.2) is 41.1 Å². The lowest BCUT2D eigenvalue weighted by atomic mass is 9.87. The number of nitrogens with one attached hydrogen (secondary N) is 5. The lowest BCUT2D eigenvalue weighted by Gasteiger charge is -2.41. The largest absolute Gasteiger partial charge is 0.508 e. The van der Waals surface area contributed by atoms with E-state index < -0.39 is 139 Å². The number of alkyl carbamates (subject to hydrolysis) is 3. The van der Waals surface area contributed by atoms with Gasteiger partial charge in [0, 0.05) is 38.9 Å². The number of hydrogen-bond donors (Lipinski definition) is 5. The average molecular weight is 1370 g/mol. The maximum atomic E-state index is 13.7. The molecule has 96 heavy (non-hydrogen) atoms. The molecule has 0 spiro atoms. The van der Waals surface area contributed by atoms with Crippen molar-refractivity contribution in [2.45, 2.75) is 160 Å². The van der Waals surface area contributed by atoms with Crippen LogP contribution in [-0.4, -0.2) is 250 Å². The third-order valence-electron chi connectivity index (χ3n) is 13.7. The molecule has 538 valence electrons. The summed E-state index contributed by atoms with van der Waals surface area (Å²) >= 11 is 0. The van der Waals surface area contributed by atoms with Crippen molar-refractivity contribution in [2.75, 3.05) is 113 Å². The maximum absolute atomic E-state index is 13.7. The van der Waals surface area contributed by atoms with Crippen LogP contribution in [0.2, 0.25) is 0 Å². The third-order valence-corrected chi connectivity index (χ3v) is 13.7. The Morgan fingerprint density at radius 1 is 0.656 bits per heavy atom. The van der Waals surface area contributed by atoms with E-state index in [0.29, 0.717) is 39.3 Å². The molecule has 2 saturated heterocycles. The van der Waals surface area contributed by atoms with E-state index in [4.69, 9.17) is 87.0 Å². The normalized spacial score (nSPS) is 21.3. The first kappa shape index (κ1) is 79.8. The molecule has 10 atom stereocenters. The molecule has 5 N–H and O–H groups in total. The summed E-state index contributed by atoms with van der Waals surface area (Å²) in [5, 5.41) is 13.1. The van der Waals surface area contributed by atoms with Gasteiger partial charge >= 0.3 is 48.5 Å². The molecule has 0 aliphatic carbocycles. The Morgan fingerprint density at radius 3 is 1.75 bits per heavy atom. The highest BCUT2D eigenvalue weighted by molar-refractivity contribution is 5.94. The van der Waals surface area contributed by atoms with Gasteiger partial charge in [0.25, 0.3) is 0 Å². The minimum Gasteiger partial charge on any atom is -0.479 e. The maximum Gasteiger partial charge on any atom is 0.508 e. The standard InChI is InChI=1S/C62H93N7O27/c1-14-23-82-27-29-85-31-32-86-30-28-83-24-19-47(71)69(21-17-15-16-18-48(72)93-51(45-35-87-59(78)91-45)50-37(2)41(33-43(89-50)54(73)80-12)64-38(3)66-57(76)95-61(6,7)8)22-26-84-25-20-63-56(75)94-52(46-36-88-60(79)92-46)53-49(68-40(5)70)42(34-44(90-53)55(74)81-13)65-39(4)67-58(77)96-62(9,10)11/h1,33-34,37,41-42,45-46,49-53,65H,4,15-32,35-36H2,2-3,5-13H3,(H,63,75)(H,67,77)(H,68,70)(H,64,66,76)/t37-,41+,42+,45-,46-,49-,50-,51-,52-,53-/m1/s1. The minimum absolute atomic E-state index is 0.0146. The van der Waals surface area contributed by atoms with Crippen LogP contribution < -0.4 is 26.6 Å². The highest BCUT2D eigenvalue weighted by atomic mass is 16.8. The molecule has 0 saturated carbocycles. The van der Waals surface area contributed by atoms with Crippen molar-refractivity contribution in [2.24, 2.45) is 10.9 Å². The fourth-order valence-electron chi connectivity index (χ4n) is 9.47. The SMILES string of the molecule is C#CCOCCOCCOCCOCCC(=O)N(CCCCCC(=O)O[C@@H]([C@@H]1OC(C(=O)OC)=C[C@H](N=C(C)NC(=O)OC(C)(C)C)[C@H]1C)[C@H]1COC(=O)O1)CCOCCNC(=O)O[C@@H]([C@@H]1OC(C(=O)OC)=C[C@H](NC(=C)NC(=O)OC(C)(C)C)[C@H]1NC(C)=O)[C@H]1COC(=O)O1. The van der Waals surface area contributed by atoms with Gasteiger partial charge in [0.15, 0.2) is 30.5 Å². The number of aliphatic imine (C=N–C) groups is 1. The second kappa shape index (κ2) is 40.7. The molecule has 0 bridgehead atoms. The highest BCUT2D eigenvalue weighted by Crippen LogP contribution is 2.34. The number of carbonyl (C=O) groups excluding carboxylic acids is 10. The molecule has 34 nitrogen and oxygen atoms in total. The Morgan fingerprint density at radius 2 is 1.20 bits per heavy atom. The Labute approximate surface area is 557 Å². The topological polar surface area (TPSA) is 403 Å². The van der Waals surface area contributed by atoms with E-state index >= 15 is 0 Å². The van der Waals surface area contributed by atoms with Crippen LogP contribution in [-0.2, 0) is 104 Å². The Kier molecular flexibility index (Phi) is 33.8. The summed E-state index contributed by atoms with van der Waals surface area (Å²) in [5.41, 5.74) is -1.69. The first-order valence-corrected chi connectivity index (χ1v) is 31.1. The van der Waals surface area contributed by atoms with Crippen molar-refractivity contribution in [3.63, 3.8) is 0 Å². The van der Waals surface area contributed by atoms with E-state index in [0.717, 1.165) is 14.2 Å². The van der Waals surface area contributed by atoms with E-state index in [1.807, 2.05) is 0 Å². The zero-order chi connectivity index (χ0) is 71.0. The van der Waals surface area contributed by atoms with Gasteiger partial charge in [0.1, 0.15) is 48.8 Å². The quantitative estimate of drug-likeness (QED) is 0.0148. The van der Waals surface area contributed by atoms with Gasteiger partial charge in [-0.05, 0) is 73.5 Å². The molecule has 5 amide bonds. The molecule has 4 heterocycles. The molecule has 2 fully saturated rings. The van der Waals surface area contributed by atoms with E-state index in [1.54, 1.807) is 53.4 Å². The molecule has 0 aromatic rings. The van der Waals surface area contributed by atoms with Crippen molar-refractivity contribution in [1.82, 2.24) is 31.5 Å². The molecule has 4 aliphatic heterocycles. The van der Waals surface area contributed by atoms with Crippen LogP contribution >= 0.6 is 0 Å². The molecule has 34 heteroatoms. The number of nitrogens with zero attached hydrogens (tertiary/aromatic N) is 2. The van der Waals surface area contributed by atoms with Crippen molar-refractivity contribution in [3.8, 4) is 12.3 Å². The van der Waals surface area contributed by atoms with Gasteiger partial charge in [0.05, 0.1) is 98.2 Å². The number of unbranched alkanes of at least 4 members (excludes halogenated alkanes) is 2. The van der Waals surface area contributed by atoms with Crippen LogP contribution in [0.3, 0.4) is 0 Å². The third kappa shape index (κ3) is 29.6. The monoisotopic (exact) mass is 1370 g/mol. The van der Waals surface area contributed by atoms with Crippen molar-refractivity contribution in [3.05, 3.63) is 36.1 Å². The zero-order valence-electron chi connectivity index (χ0n) is 56.3. The Bertz CT molecular complexity index is 2780. The number of amidine groups is 1. The molecule has 0 unspecified atom stereocenters. The van der Waals surface area contributed by atoms with Crippen LogP contribution in [0.1, 0.15) is 94.4 Å². The van der Waals surface area contributed by atoms with Gasteiger partial charge in [-0.2, -0.15) is 0 Å². The summed E-state index contributed by atoms with van der Waals surface area (Å²) in [6, 6.07) is -3.23. The summed E-state index contributed by atoms with van der Waals surface area (Å²) in [6.45, 7) is 19.5. The minimum atomic E-state index is -1.59. The molecule has 0 aromatic carbocycles. The second-order valence-corrected chi connectivity index (χ2v) is 23.7. The molecule has 4 rings (SSSR count). The molecular formula is C62H93N7O27. The van der Waals surface area contributed by atoms with Crippen LogP contribution in [0.25, 0.3) is 0 Å². The summed E-state index contributed by atoms with van der Waals surface area (Å²) in [4.78, 5) is 136. The number of methoxy groups -OCH3 is 2. The molecule has 0 aromatic heterocycles. The Balaban J connectivity index is 1.40. The van der Waals surface area contributed by atoms with E-state index in [1.165, 1.54) is 26.0 Å². The van der Waals surface area contributed by atoms with Gasteiger partial charge < -0.3 is 101 Å². The van der Waals surface area contributed by atoms with Crippen molar-refractivity contribution < 1.29 is 128 Å². The summed E-state index contributed by atoms with van der Waals surface area (Å²) in [7, 11) is 2.23. The van der Waals surface area contributed by atoms with Crippen LogP contribution in [0.5, 0.6) is 0 Å². The second-order valence-electron chi connectivity index (χ2n) is 23.7. The highest BCUT2D eigenvalue weighted by Gasteiger charge is 2.51. The summed E-state index contributed by atoms with van der Waals surface area (Å²) < 4.78 is 92.8. The first-order valence-electron chi connectivity index (χ1n) is 31.1. The molecule has 0 radical (unpaired) electrons. The van der Waals surface area contributed by atoms with Crippen molar-refractivity contribution in [1.29, 1.82) is 0 Å². The number of hydrogen-bond acceptors (Lipinski definition) is 29. The zero-order valence-corrected chi connectivity index (χ0v) is 56.3. The van der Waals surface area contributed by atoms with Gasteiger partial charge in [-0.25, -0.2) is 33.6 Å². The number of carbonyl (C=O) groups is 10. The summed E-state index contributed by atoms with van der Waals surface area (Å²) in [5.74, 6) is -2.43. The van der Waals surface area contributed by atoms with E-state index in [2.05, 4.69) is 44.1 Å². The van der Waals surface area contributed by atoms with E-state index in [-0.39, 0.29) is 108 Å². The van der Waals surface area contributed by atoms with Crippen LogP contribution in [0, 0.1) is 18.3 Å². The smallest absolute Gasteiger partial charge is 0.479 e. The first-order chi connectivity index (χ1) is 45.5. The van der Waals surface area contributed by atoms with Crippen molar-refractivity contribution >= 4 is 66.1 Å². The molecular weight excluding hydrogens is 1270 g/mol. The number of cyclic esters (lactones) is 4. The Hall–Kier alpha value is -8.65. The summed E-state index contributed by atoms with van der Waals surface area (Å²) in [6.07, 6.45) is -4.16. The predicted octanol–water partition coefficient (Wildman–Crippen LogP) is 2.88. The van der Waals surface area contributed by atoms with Crippen LogP contribution in [0.4, 0.5) is 24.0 Å². The average Bonchev–Trinajstić information content (AvgIpc) is 1.21. The molecule has 4 aliphatic rings. The van der Waals surface area contributed by atoms with Gasteiger partial charge in [0.2, 0.25) is 23.3 Å². The van der Waals surface area contributed by atoms with E-state index in [9.17, 15) is 47.9 Å². The van der Waals surface area contributed by atoms with Gasteiger partial charge in [-0.15, -0.1) is 6.42 Å².